The van der Waals surface area contributed by atoms with Crippen molar-refractivity contribution in [1.29, 1.82) is 0 Å². The molecule has 0 aliphatic heterocycles. The molecule has 0 aromatic carbocycles. The quantitative estimate of drug-likeness (QED) is 0.711. The van der Waals surface area contributed by atoms with Crippen LogP contribution in [-0.4, -0.2) is 29.3 Å². The molecule has 0 aliphatic rings. The molecule has 0 saturated heterocycles. The molecule has 102 valence electrons. The Bertz CT molecular complexity index is 412. The number of carbonyl (C=O) groups is 1. The van der Waals surface area contributed by atoms with Crippen molar-refractivity contribution in [2.24, 2.45) is 5.41 Å². The Balaban J connectivity index is 2.51. The van der Waals surface area contributed by atoms with Crippen molar-refractivity contribution in [3.05, 3.63) is 21.4 Å². The zero-order valence-electron chi connectivity index (χ0n) is 11.1. The summed E-state index contributed by atoms with van der Waals surface area (Å²) < 4.78 is 0. The molecule has 1 aromatic heterocycles. The number of nitrogens with one attached hydrogen (secondary N) is 1. The molecule has 1 aromatic rings. The normalized spacial score (nSPS) is 11.8. The summed E-state index contributed by atoms with van der Waals surface area (Å²) in [7, 11) is 0. The van der Waals surface area contributed by atoms with Crippen LogP contribution in [0.1, 0.15) is 40.4 Å². The van der Waals surface area contributed by atoms with E-state index in [0.29, 0.717) is 11.4 Å². The first kappa shape index (κ1) is 15.1. The number of rotatable bonds is 7. The van der Waals surface area contributed by atoms with Gasteiger partial charge in [0, 0.05) is 24.6 Å². The molecule has 0 radical (unpaired) electrons. The third-order valence-corrected chi connectivity index (χ3v) is 4.02. The molecule has 1 heterocycles. The Labute approximate surface area is 112 Å². The third-order valence-electron chi connectivity index (χ3n) is 2.94. The van der Waals surface area contributed by atoms with Crippen molar-refractivity contribution >= 4 is 17.3 Å². The van der Waals surface area contributed by atoms with Gasteiger partial charge in [-0.05, 0) is 30.4 Å². The van der Waals surface area contributed by atoms with E-state index in [2.05, 4.69) is 19.2 Å². The molecule has 5 heteroatoms. The predicted molar refractivity (Wildman–Crippen MR) is 73.2 cm³/mol. The maximum absolute atomic E-state index is 10.8. The highest BCUT2D eigenvalue weighted by molar-refractivity contribution is 7.14. The number of hydrogen-bond acceptors (Lipinski definition) is 4. The standard InChI is InChI=1S/C13H21NO3S/c1-9-10(6-11(18-9)12(16)17)7-14-8-13(2,3)4-5-15/h6,14-15H,4-5,7-8H2,1-3H3,(H,16,17). The van der Waals surface area contributed by atoms with Crippen molar-refractivity contribution in [3.63, 3.8) is 0 Å². The summed E-state index contributed by atoms with van der Waals surface area (Å²) in [6.45, 7) is 7.79. The van der Waals surface area contributed by atoms with Crippen molar-refractivity contribution in [3.8, 4) is 0 Å². The molecule has 0 amide bonds. The molecule has 3 N–H and O–H groups in total. The zero-order chi connectivity index (χ0) is 13.8. The second kappa shape index (κ2) is 6.31. The molecule has 0 saturated carbocycles. The molecule has 0 fully saturated rings. The van der Waals surface area contributed by atoms with Gasteiger partial charge in [0.05, 0.1) is 0 Å². The fraction of sp³-hybridized carbons (Fsp3) is 0.615. The van der Waals surface area contributed by atoms with Gasteiger partial charge in [0.2, 0.25) is 0 Å². The summed E-state index contributed by atoms with van der Waals surface area (Å²) in [5, 5.41) is 21.2. The fourth-order valence-corrected chi connectivity index (χ4v) is 2.61. The minimum Gasteiger partial charge on any atom is -0.477 e. The summed E-state index contributed by atoms with van der Waals surface area (Å²) in [5.74, 6) is -0.866. The van der Waals surface area contributed by atoms with E-state index in [1.807, 2.05) is 6.92 Å². The van der Waals surface area contributed by atoms with Gasteiger partial charge in [0.15, 0.2) is 0 Å². The van der Waals surface area contributed by atoms with E-state index in [0.717, 1.165) is 23.4 Å². The number of thiophene rings is 1. The van der Waals surface area contributed by atoms with E-state index < -0.39 is 5.97 Å². The van der Waals surface area contributed by atoms with E-state index in [-0.39, 0.29) is 12.0 Å². The first-order chi connectivity index (χ1) is 8.35. The van der Waals surface area contributed by atoms with Crippen molar-refractivity contribution in [2.45, 2.75) is 33.7 Å². The van der Waals surface area contributed by atoms with Crippen LogP contribution in [-0.2, 0) is 6.54 Å². The summed E-state index contributed by atoms with van der Waals surface area (Å²) in [6.07, 6.45) is 0.753. The number of aliphatic hydroxyl groups excluding tert-OH is 1. The first-order valence-electron chi connectivity index (χ1n) is 6.00. The lowest BCUT2D eigenvalue weighted by Crippen LogP contribution is -2.29. The molecule has 0 spiro atoms. The predicted octanol–water partition coefficient (Wildman–Crippen LogP) is 2.25. The average molecular weight is 271 g/mol. The van der Waals surface area contributed by atoms with E-state index in [1.54, 1.807) is 6.07 Å². The highest BCUT2D eigenvalue weighted by Gasteiger charge is 2.17. The van der Waals surface area contributed by atoms with E-state index in [4.69, 9.17) is 10.2 Å². The number of aromatic carboxylic acids is 1. The van der Waals surface area contributed by atoms with Crippen LogP contribution in [0, 0.1) is 12.3 Å². The SMILES string of the molecule is Cc1sc(C(=O)O)cc1CNCC(C)(C)CCO. The maximum Gasteiger partial charge on any atom is 0.345 e. The van der Waals surface area contributed by atoms with Crippen LogP contribution in [0.15, 0.2) is 6.07 Å². The van der Waals surface area contributed by atoms with Gasteiger partial charge in [0.1, 0.15) is 4.88 Å². The molecule has 1 rings (SSSR count). The van der Waals surface area contributed by atoms with Crippen LogP contribution >= 0.6 is 11.3 Å². The Hall–Kier alpha value is -0.910. The van der Waals surface area contributed by atoms with Crippen molar-refractivity contribution in [1.82, 2.24) is 5.32 Å². The second-order valence-electron chi connectivity index (χ2n) is 5.24. The summed E-state index contributed by atoms with van der Waals surface area (Å²) in [5.41, 5.74) is 1.09. The van der Waals surface area contributed by atoms with E-state index >= 15 is 0 Å². The van der Waals surface area contributed by atoms with Gasteiger partial charge < -0.3 is 15.5 Å². The highest BCUT2D eigenvalue weighted by Crippen LogP contribution is 2.22. The lowest BCUT2D eigenvalue weighted by Gasteiger charge is -2.23. The molecule has 0 unspecified atom stereocenters. The molecular formula is C13H21NO3S. The Kier molecular flexibility index (Phi) is 5.31. The van der Waals surface area contributed by atoms with Crippen LogP contribution < -0.4 is 5.32 Å². The third kappa shape index (κ3) is 4.40. The van der Waals surface area contributed by atoms with E-state index in [1.165, 1.54) is 11.3 Å². The summed E-state index contributed by atoms with van der Waals surface area (Å²) >= 11 is 1.31. The number of aliphatic hydroxyl groups is 1. The largest absolute Gasteiger partial charge is 0.477 e. The lowest BCUT2D eigenvalue weighted by molar-refractivity contribution is 0.0702. The molecule has 0 aliphatic carbocycles. The summed E-state index contributed by atoms with van der Waals surface area (Å²) in [6, 6.07) is 1.73. The van der Waals surface area contributed by atoms with Gasteiger partial charge in [-0.3, -0.25) is 0 Å². The van der Waals surface area contributed by atoms with Gasteiger partial charge in [-0.25, -0.2) is 4.79 Å². The van der Waals surface area contributed by atoms with Gasteiger partial charge in [-0.1, -0.05) is 13.8 Å². The smallest absolute Gasteiger partial charge is 0.345 e. The minimum atomic E-state index is -0.866. The first-order valence-corrected chi connectivity index (χ1v) is 6.81. The Morgan fingerprint density at radius 1 is 1.50 bits per heavy atom. The van der Waals surface area contributed by atoms with Crippen molar-refractivity contribution in [2.75, 3.05) is 13.2 Å². The van der Waals surface area contributed by atoms with Crippen LogP contribution in [0.25, 0.3) is 0 Å². The van der Waals surface area contributed by atoms with Gasteiger partial charge >= 0.3 is 5.97 Å². The second-order valence-corrected chi connectivity index (χ2v) is 6.49. The molecule has 18 heavy (non-hydrogen) atoms. The number of carboxylic acid groups (broad SMARTS) is 1. The summed E-state index contributed by atoms with van der Waals surface area (Å²) in [4.78, 5) is 12.3. The van der Waals surface area contributed by atoms with Gasteiger partial charge in [0.25, 0.3) is 0 Å². The van der Waals surface area contributed by atoms with Crippen LogP contribution in [0.5, 0.6) is 0 Å². The van der Waals surface area contributed by atoms with Gasteiger partial charge in [-0.15, -0.1) is 11.3 Å². The fourth-order valence-electron chi connectivity index (χ4n) is 1.73. The monoisotopic (exact) mass is 271 g/mol. The molecule has 0 bridgehead atoms. The minimum absolute atomic E-state index is 0.0499. The topological polar surface area (TPSA) is 69.6 Å². The number of hydrogen-bond donors (Lipinski definition) is 3. The maximum atomic E-state index is 10.8. The lowest BCUT2D eigenvalue weighted by atomic mass is 9.90. The number of carboxylic acids is 1. The Morgan fingerprint density at radius 3 is 2.67 bits per heavy atom. The highest BCUT2D eigenvalue weighted by atomic mass is 32.1. The van der Waals surface area contributed by atoms with Crippen LogP contribution in [0.3, 0.4) is 0 Å². The van der Waals surface area contributed by atoms with Crippen molar-refractivity contribution < 1.29 is 15.0 Å². The molecule has 4 nitrogen and oxygen atoms in total. The van der Waals surface area contributed by atoms with Gasteiger partial charge in [-0.2, -0.15) is 0 Å². The molecular weight excluding hydrogens is 250 g/mol. The molecule has 0 atom stereocenters. The number of aryl methyl sites for hydroxylation is 1. The Morgan fingerprint density at radius 2 is 2.17 bits per heavy atom. The van der Waals surface area contributed by atoms with Crippen LogP contribution in [0.4, 0.5) is 0 Å². The van der Waals surface area contributed by atoms with Crippen LogP contribution in [0.2, 0.25) is 0 Å². The van der Waals surface area contributed by atoms with E-state index in [9.17, 15) is 4.79 Å². The zero-order valence-corrected chi connectivity index (χ0v) is 11.9. The average Bonchev–Trinajstić information content (AvgIpc) is 2.60.